The van der Waals surface area contributed by atoms with Gasteiger partial charge in [0.05, 0.1) is 12.7 Å². The Kier molecular flexibility index (Phi) is 6.34. The lowest BCUT2D eigenvalue weighted by atomic mass is 9.68. The Morgan fingerprint density at radius 3 is 2.33 bits per heavy atom. The highest BCUT2D eigenvalue weighted by Crippen LogP contribution is 2.41. The molecule has 0 saturated heterocycles. The van der Waals surface area contributed by atoms with E-state index in [1.54, 1.807) is 0 Å². The SMILES string of the molecule is NCC1(c2cc(F)c(F)cc2F)CCC(OCC=Cc2ccccc2)CC1. The monoisotopic (exact) mass is 375 g/mol. The van der Waals surface area contributed by atoms with Crippen LogP contribution in [0.4, 0.5) is 13.2 Å². The Labute approximate surface area is 157 Å². The summed E-state index contributed by atoms with van der Waals surface area (Å²) in [6.07, 6.45) is 6.60. The normalized spacial score (nSPS) is 23.0. The molecule has 1 aliphatic carbocycles. The van der Waals surface area contributed by atoms with Crippen LogP contribution in [0.1, 0.15) is 36.8 Å². The van der Waals surface area contributed by atoms with Gasteiger partial charge in [-0.05, 0) is 42.9 Å². The molecule has 2 N–H and O–H groups in total. The number of ether oxygens (including phenoxy) is 1. The third-order valence-corrected chi connectivity index (χ3v) is 5.40. The fourth-order valence-electron chi connectivity index (χ4n) is 3.76. The smallest absolute Gasteiger partial charge is 0.161 e. The highest BCUT2D eigenvalue weighted by atomic mass is 19.2. The maximum atomic E-state index is 14.3. The summed E-state index contributed by atoms with van der Waals surface area (Å²) in [6.45, 7) is 0.685. The molecule has 3 rings (SSSR count). The van der Waals surface area contributed by atoms with Crippen molar-refractivity contribution in [1.82, 2.24) is 0 Å². The molecule has 1 fully saturated rings. The van der Waals surface area contributed by atoms with Gasteiger partial charge < -0.3 is 10.5 Å². The lowest BCUT2D eigenvalue weighted by Crippen LogP contribution is -2.41. The van der Waals surface area contributed by atoms with Crippen LogP contribution in [0.2, 0.25) is 0 Å². The van der Waals surface area contributed by atoms with Gasteiger partial charge in [0, 0.05) is 18.0 Å². The maximum Gasteiger partial charge on any atom is 0.161 e. The second-order valence-electron chi connectivity index (χ2n) is 7.08. The second kappa shape index (κ2) is 8.72. The van der Waals surface area contributed by atoms with Gasteiger partial charge in [0.25, 0.3) is 0 Å². The molecule has 0 aliphatic heterocycles. The molecule has 144 valence electrons. The van der Waals surface area contributed by atoms with Gasteiger partial charge in [-0.1, -0.05) is 42.5 Å². The fraction of sp³-hybridized carbons (Fsp3) is 0.364. The van der Waals surface area contributed by atoms with Crippen molar-refractivity contribution in [3.05, 3.63) is 77.1 Å². The van der Waals surface area contributed by atoms with E-state index in [1.165, 1.54) is 0 Å². The molecule has 0 aromatic heterocycles. The quantitative estimate of drug-likeness (QED) is 0.723. The fourth-order valence-corrected chi connectivity index (χ4v) is 3.76. The van der Waals surface area contributed by atoms with Gasteiger partial charge >= 0.3 is 0 Å². The summed E-state index contributed by atoms with van der Waals surface area (Å²) in [6, 6.07) is 11.5. The summed E-state index contributed by atoms with van der Waals surface area (Å²) in [5, 5.41) is 0. The van der Waals surface area contributed by atoms with Crippen LogP contribution in [0.5, 0.6) is 0 Å². The van der Waals surface area contributed by atoms with E-state index in [1.807, 2.05) is 42.5 Å². The van der Waals surface area contributed by atoms with Crippen molar-refractivity contribution in [3.8, 4) is 0 Å². The van der Waals surface area contributed by atoms with Crippen LogP contribution in [-0.4, -0.2) is 19.3 Å². The zero-order valence-corrected chi connectivity index (χ0v) is 15.1. The number of hydrogen-bond donors (Lipinski definition) is 1. The van der Waals surface area contributed by atoms with Crippen molar-refractivity contribution in [1.29, 1.82) is 0 Å². The van der Waals surface area contributed by atoms with Gasteiger partial charge in [-0.25, -0.2) is 13.2 Å². The molecule has 5 heteroatoms. The first-order valence-corrected chi connectivity index (χ1v) is 9.22. The van der Waals surface area contributed by atoms with Crippen LogP contribution in [0.15, 0.2) is 48.5 Å². The summed E-state index contributed by atoms with van der Waals surface area (Å²) >= 11 is 0. The summed E-state index contributed by atoms with van der Waals surface area (Å²) < 4.78 is 47.0. The predicted octanol–water partition coefficient (Wildman–Crippen LogP) is 4.97. The van der Waals surface area contributed by atoms with E-state index in [0.29, 0.717) is 38.4 Å². The first kappa shape index (κ1) is 19.6. The molecule has 2 aromatic carbocycles. The third kappa shape index (κ3) is 4.60. The Morgan fingerprint density at radius 1 is 1.00 bits per heavy atom. The highest BCUT2D eigenvalue weighted by molar-refractivity contribution is 5.48. The summed E-state index contributed by atoms with van der Waals surface area (Å²) in [4.78, 5) is 0. The van der Waals surface area contributed by atoms with Gasteiger partial charge in [0.15, 0.2) is 11.6 Å². The lowest BCUT2D eigenvalue weighted by Gasteiger charge is -2.40. The number of hydrogen-bond acceptors (Lipinski definition) is 2. The van der Waals surface area contributed by atoms with Gasteiger partial charge in [0.1, 0.15) is 5.82 Å². The van der Waals surface area contributed by atoms with E-state index in [-0.39, 0.29) is 18.2 Å². The van der Waals surface area contributed by atoms with Crippen molar-refractivity contribution < 1.29 is 17.9 Å². The van der Waals surface area contributed by atoms with Crippen molar-refractivity contribution in [2.24, 2.45) is 5.73 Å². The molecule has 1 aliphatic rings. The maximum absolute atomic E-state index is 14.3. The zero-order valence-electron chi connectivity index (χ0n) is 15.1. The molecule has 2 aromatic rings. The average Bonchev–Trinajstić information content (AvgIpc) is 2.69. The van der Waals surface area contributed by atoms with Crippen LogP contribution in [0.25, 0.3) is 6.08 Å². The Bertz CT molecular complexity index is 784. The number of benzene rings is 2. The molecule has 2 nitrogen and oxygen atoms in total. The minimum Gasteiger partial charge on any atom is -0.374 e. The van der Waals surface area contributed by atoms with Crippen LogP contribution < -0.4 is 5.73 Å². The predicted molar refractivity (Wildman–Crippen MR) is 101 cm³/mol. The Morgan fingerprint density at radius 2 is 1.67 bits per heavy atom. The van der Waals surface area contributed by atoms with E-state index in [4.69, 9.17) is 10.5 Å². The first-order chi connectivity index (χ1) is 13.0. The van der Waals surface area contributed by atoms with Crippen molar-refractivity contribution >= 4 is 6.08 Å². The summed E-state index contributed by atoms with van der Waals surface area (Å²) in [5.41, 5.74) is 6.54. The zero-order chi connectivity index (χ0) is 19.3. The van der Waals surface area contributed by atoms with Crippen LogP contribution in [0.3, 0.4) is 0 Å². The molecular weight excluding hydrogens is 351 g/mol. The standard InChI is InChI=1S/C22H24F3NO/c23-19-14-21(25)20(24)13-18(19)22(15-26)10-8-17(9-11-22)27-12-4-7-16-5-2-1-3-6-16/h1-7,13-14,17H,8-12,15,26H2. The minimum absolute atomic E-state index is 0.0541. The van der Waals surface area contributed by atoms with E-state index < -0.39 is 22.9 Å². The molecule has 0 atom stereocenters. The first-order valence-electron chi connectivity index (χ1n) is 9.22. The number of nitrogens with two attached hydrogens (primary N) is 1. The molecule has 0 heterocycles. The second-order valence-corrected chi connectivity index (χ2v) is 7.08. The topological polar surface area (TPSA) is 35.2 Å². The third-order valence-electron chi connectivity index (χ3n) is 5.40. The molecule has 27 heavy (non-hydrogen) atoms. The molecule has 0 unspecified atom stereocenters. The van der Waals surface area contributed by atoms with Gasteiger partial charge in [-0.2, -0.15) is 0 Å². The summed E-state index contributed by atoms with van der Waals surface area (Å²) in [7, 11) is 0. The molecule has 0 bridgehead atoms. The molecule has 0 amide bonds. The number of rotatable bonds is 6. The van der Waals surface area contributed by atoms with Gasteiger partial charge in [0.2, 0.25) is 0 Å². The molecule has 1 saturated carbocycles. The van der Waals surface area contributed by atoms with E-state index in [2.05, 4.69) is 0 Å². The highest BCUT2D eigenvalue weighted by Gasteiger charge is 2.38. The molecule has 0 spiro atoms. The molecule has 0 radical (unpaired) electrons. The summed E-state index contributed by atoms with van der Waals surface area (Å²) in [5.74, 6) is -2.95. The van der Waals surface area contributed by atoms with E-state index in [9.17, 15) is 13.2 Å². The minimum atomic E-state index is -1.18. The van der Waals surface area contributed by atoms with Gasteiger partial charge in [-0.15, -0.1) is 0 Å². The average molecular weight is 375 g/mol. The van der Waals surface area contributed by atoms with Crippen molar-refractivity contribution in [2.45, 2.75) is 37.2 Å². The van der Waals surface area contributed by atoms with Crippen molar-refractivity contribution in [3.63, 3.8) is 0 Å². The molecular formula is C22H24F3NO. The van der Waals surface area contributed by atoms with Crippen LogP contribution in [-0.2, 0) is 10.2 Å². The van der Waals surface area contributed by atoms with E-state index >= 15 is 0 Å². The van der Waals surface area contributed by atoms with Crippen molar-refractivity contribution in [2.75, 3.05) is 13.2 Å². The lowest BCUT2D eigenvalue weighted by molar-refractivity contribution is 0.0284. The van der Waals surface area contributed by atoms with Crippen LogP contribution in [0, 0.1) is 17.5 Å². The Balaban J connectivity index is 1.58. The largest absolute Gasteiger partial charge is 0.374 e. The van der Waals surface area contributed by atoms with E-state index in [0.717, 1.165) is 11.6 Å². The Hall–Kier alpha value is -2.11. The van der Waals surface area contributed by atoms with Gasteiger partial charge in [-0.3, -0.25) is 0 Å². The van der Waals surface area contributed by atoms with Crippen LogP contribution >= 0.6 is 0 Å². The number of halogens is 3.